The average Bonchev–Trinajstić information content (AvgIpc) is 2.79. The van der Waals surface area contributed by atoms with E-state index in [0.717, 1.165) is 13.1 Å². The molecular formula is C21H32N4O6S. The normalized spacial score (nSPS) is 18.1. The van der Waals surface area contributed by atoms with Crippen molar-refractivity contribution < 1.29 is 27.5 Å². The van der Waals surface area contributed by atoms with Crippen LogP contribution in [-0.2, 0) is 24.3 Å². The molecule has 1 N–H and O–H groups in total. The van der Waals surface area contributed by atoms with Gasteiger partial charge in [0.25, 0.3) is 5.91 Å². The number of ether oxygens (including phenoxy) is 2. The summed E-state index contributed by atoms with van der Waals surface area (Å²) in [5, 5.41) is 0. The van der Waals surface area contributed by atoms with Gasteiger partial charge in [-0.25, -0.2) is 13.1 Å². The van der Waals surface area contributed by atoms with Crippen molar-refractivity contribution in [2.75, 3.05) is 79.3 Å². The van der Waals surface area contributed by atoms with Crippen molar-refractivity contribution in [1.82, 2.24) is 19.4 Å². The van der Waals surface area contributed by atoms with Crippen molar-refractivity contribution in [3.8, 4) is 0 Å². The summed E-state index contributed by atoms with van der Waals surface area (Å²) < 4.78 is 37.7. The smallest absolute Gasteiger partial charge is 0.254 e. The van der Waals surface area contributed by atoms with Crippen LogP contribution in [0.15, 0.2) is 23.1 Å². The number of rotatable bonds is 8. The zero-order valence-corrected chi connectivity index (χ0v) is 19.5. The highest BCUT2D eigenvalue weighted by atomic mass is 32.2. The Balaban J connectivity index is 1.60. The maximum absolute atomic E-state index is 13.1. The van der Waals surface area contributed by atoms with Crippen molar-refractivity contribution in [3.63, 3.8) is 0 Å². The third-order valence-electron chi connectivity index (χ3n) is 5.73. The highest BCUT2D eigenvalue weighted by Gasteiger charge is 2.27. The molecule has 2 fully saturated rings. The van der Waals surface area contributed by atoms with E-state index in [1.807, 2.05) is 0 Å². The van der Waals surface area contributed by atoms with E-state index in [-0.39, 0.29) is 29.9 Å². The van der Waals surface area contributed by atoms with Crippen LogP contribution in [0.1, 0.15) is 15.9 Å². The van der Waals surface area contributed by atoms with Gasteiger partial charge in [0.1, 0.15) is 0 Å². The van der Waals surface area contributed by atoms with Gasteiger partial charge in [0, 0.05) is 58.5 Å². The Morgan fingerprint density at radius 3 is 2.38 bits per heavy atom. The number of methoxy groups -OCH3 is 1. The molecule has 0 radical (unpaired) electrons. The Labute approximate surface area is 189 Å². The van der Waals surface area contributed by atoms with Crippen molar-refractivity contribution in [3.05, 3.63) is 29.3 Å². The Hall–Kier alpha value is -2.05. The fourth-order valence-electron chi connectivity index (χ4n) is 3.74. The van der Waals surface area contributed by atoms with Gasteiger partial charge in [-0.3, -0.25) is 14.5 Å². The molecule has 3 rings (SSSR count). The quantitative estimate of drug-likeness (QED) is 0.514. The van der Waals surface area contributed by atoms with Gasteiger partial charge in [0.2, 0.25) is 15.9 Å². The van der Waals surface area contributed by atoms with Gasteiger partial charge in [-0.05, 0) is 24.6 Å². The number of carbonyl (C=O) groups excluding carboxylic acids is 2. The molecule has 2 aliphatic rings. The van der Waals surface area contributed by atoms with Crippen LogP contribution in [0, 0.1) is 6.92 Å². The molecule has 32 heavy (non-hydrogen) atoms. The lowest BCUT2D eigenvalue weighted by Gasteiger charge is -2.36. The lowest BCUT2D eigenvalue weighted by molar-refractivity contribution is -0.134. The fraction of sp³-hybridized carbons (Fsp3) is 0.619. The first-order valence-electron chi connectivity index (χ1n) is 10.8. The van der Waals surface area contributed by atoms with Crippen LogP contribution in [0.2, 0.25) is 0 Å². The predicted molar refractivity (Wildman–Crippen MR) is 118 cm³/mol. The zero-order chi connectivity index (χ0) is 23.1. The number of nitrogens with one attached hydrogen (secondary N) is 1. The second-order valence-corrected chi connectivity index (χ2v) is 9.70. The number of carbonyl (C=O) groups is 2. The van der Waals surface area contributed by atoms with Gasteiger partial charge >= 0.3 is 0 Å². The van der Waals surface area contributed by atoms with E-state index < -0.39 is 10.0 Å². The van der Waals surface area contributed by atoms with Gasteiger partial charge < -0.3 is 19.3 Å². The molecule has 0 aliphatic carbocycles. The molecule has 1 aromatic carbocycles. The Kier molecular flexibility index (Phi) is 8.60. The summed E-state index contributed by atoms with van der Waals surface area (Å²) in [4.78, 5) is 31.3. The molecule has 0 aromatic heterocycles. The zero-order valence-electron chi connectivity index (χ0n) is 18.7. The molecule has 0 unspecified atom stereocenters. The molecule has 0 atom stereocenters. The topological polar surface area (TPSA) is 108 Å². The minimum absolute atomic E-state index is 0.0434. The number of morpholine rings is 1. The molecule has 1 aromatic rings. The summed E-state index contributed by atoms with van der Waals surface area (Å²) in [6.07, 6.45) is 0. The summed E-state index contributed by atoms with van der Waals surface area (Å²) in [5.74, 6) is -0.165. The summed E-state index contributed by atoms with van der Waals surface area (Å²) in [5.41, 5.74) is 1.06. The first-order chi connectivity index (χ1) is 15.3. The van der Waals surface area contributed by atoms with Crippen molar-refractivity contribution in [2.24, 2.45) is 0 Å². The Morgan fingerprint density at radius 2 is 1.72 bits per heavy atom. The molecular weight excluding hydrogens is 436 g/mol. The lowest BCUT2D eigenvalue weighted by Crippen LogP contribution is -2.53. The Bertz CT molecular complexity index is 909. The average molecular weight is 469 g/mol. The van der Waals surface area contributed by atoms with Gasteiger partial charge in [0.05, 0.1) is 31.3 Å². The van der Waals surface area contributed by atoms with Crippen LogP contribution in [0.4, 0.5) is 0 Å². The molecule has 2 saturated heterocycles. The van der Waals surface area contributed by atoms with Crippen LogP contribution in [-0.4, -0.2) is 114 Å². The molecule has 11 heteroatoms. The summed E-state index contributed by atoms with van der Waals surface area (Å²) in [6.45, 7) is 7.10. The van der Waals surface area contributed by atoms with Crippen molar-refractivity contribution in [2.45, 2.75) is 11.8 Å². The Morgan fingerprint density at radius 1 is 1.06 bits per heavy atom. The van der Waals surface area contributed by atoms with Crippen LogP contribution in [0.3, 0.4) is 0 Å². The SMILES string of the molecule is COCCNS(=O)(=O)c1ccc(C)c(C(=O)N2CCN(C(=O)CN3CCOCC3)CC2)c1. The number of hydrogen-bond donors (Lipinski definition) is 1. The first-order valence-corrected chi connectivity index (χ1v) is 12.3. The molecule has 0 spiro atoms. The molecule has 2 amide bonds. The molecule has 0 saturated carbocycles. The monoisotopic (exact) mass is 468 g/mol. The number of piperazine rings is 1. The minimum Gasteiger partial charge on any atom is -0.383 e. The number of amides is 2. The highest BCUT2D eigenvalue weighted by Crippen LogP contribution is 2.18. The maximum Gasteiger partial charge on any atom is 0.254 e. The fourth-order valence-corrected chi connectivity index (χ4v) is 4.78. The highest BCUT2D eigenvalue weighted by molar-refractivity contribution is 7.89. The van der Waals surface area contributed by atoms with E-state index in [2.05, 4.69) is 9.62 Å². The third-order valence-corrected chi connectivity index (χ3v) is 7.19. The summed E-state index contributed by atoms with van der Waals surface area (Å²) in [7, 11) is -2.24. The van der Waals surface area contributed by atoms with Gasteiger partial charge in [-0.15, -0.1) is 0 Å². The van der Waals surface area contributed by atoms with Crippen LogP contribution < -0.4 is 4.72 Å². The van der Waals surface area contributed by atoms with Gasteiger partial charge in [0.15, 0.2) is 0 Å². The summed E-state index contributed by atoms with van der Waals surface area (Å²) in [6, 6.07) is 4.55. The van der Waals surface area contributed by atoms with E-state index in [0.29, 0.717) is 57.1 Å². The van der Waals surface area contributed by atoms with Gasteiger partial charge in [-0.1, -0.05) is 6.07 Å². The summed E-state index contributed by atoms with van der Waals surface area (Å²) >= 11 is 0. The largest absolute Gasteiger partial charge is 0.383 e. The maximum atomic E-state index is 13.1. The number of sulfonamides is 1. The molecule has 2 heterocycles. The molecule has 0 bridgehead atoms. The van der Waals surface area contributed by atoms with Gasteiger partial charge in [-0.2, -0.15) is 0 Å². The van der Waals surface area contributed by atoms with E-state index in [9.17, 15) is 18.0 Å². The second kappa shape index (κ2) is 11.2. The number of hydrogen-bond acceptors (Lipinski definition) is 7. The lowest BCUT2D eigenvalue weighted by atomic mass is 10.1. The van der Waals surface area contributed by atoms with Crippen LogP contribution in [0.5, 0.6) is 0 Å². The number of benzene rings is 1. The second-order valence-electron chi connectivity index (χ2n) is 7.93. The number of nitrogens with zero attached hydrogens (tertiary/aromatic N) is 3. The third kappa shape index (κ3) is 6.26. The first kappa shape index (κ1) is 24.6. The van der Waals surface area contributed by atoms with Crippen molar-refractivity contribution >= 4 is 21.8 Å². The molecule has 178 valence electrons. The van der Waals surface area contributed by atoms with E-state index in [1.54, 1.807) is 22.8 Å². The standard InChI is InChI=1S/C21H32N4O6S/c1-17-3-4-18(32(28,29)22-5-12-30-2)15-19(17)21(27)25-8-6-24(7-9-25)20(26)16-23-10-13-31-14-11-23/h3-4,15,22H,5-14,16H2,1-2H3. The predicted octanol–water partition coefficient (Wildman–Crippen LogP) is -0.464. The van der Waals surface area contributed by atoms with E-state index in [4.69, 9.17) is 9.47 Å². The van der Waals surface area contributed by atoms with Crippen LogP contribution in [0.25, 0.3) is 0 Å². The van der Waals surface area contributed by atoms with Crippen LogP contribution >= 0.6 is 0 Å². The van der Waals surface area contributed by atoms with E-state index >= 15 is 0 Å². The minimum atomic E-state index is -3.74. The molecule has 2 aliphatic heterocycles. The van der Waals surface area contributed by atoms with E-state index in [1.165, 1.54) is 19.2 Å². The molecule has 10 nitrogen and oxygen atoms in total. The number of aryl methyl sites for hydroxylation is 1. The van der Waals surface area contributed by atoms with Crippen molar-refractivity contribution in [1.29, 1.82) is 0 Å².